The number of aryl methyl sites for hydroxylation is 1. The lowest BCUT2D eigenvalue weighted by atomic mass is 10.1. The molecule has 0 fully saturated rings. The van der Waals surface area contributed by atoms with Gasteiger partial charge < -0.3 is 14.4 Å². The van der Waals surface area contributed by atoms with Gasteiger partial charge >= 0.3 is 0 Å². The molecule has 2 rings (SSSR count). The fraction of sp³-hybridized carbons (Fsp3) is 0.385. The SMILES string of the molecule is CCc1nc(COc2cc(Br)ccc2[C@H](C)O)no1. The number of aliphatic hydroxyl groups is 1. The van der Waals surface area contributed by atoms with Crippen LogP contribution >= 0.6 is 15.9 Å². The van der Waals surface area contributed by atoms with Crippen LogP contribution in [0.2, 0.25) is 0 Å². The molecule has 102 valence electrons. The highest BCUT2D eigenvalue weighted by Gasteiger charge is 2.11. The number of aliphatic hydroxyl groups excluding tert-OH is 1. The summed E-state index contributed by atoms with van der Waals surface area (Å²) in [5.41, 5.74) is 0.724. The molecule has 0 aliphatic rings. The van der Waals surface area contributed by atoms with Crippen LogP contribution in [-0.4, -0.2) is 15.2 Å². The topological polar surface area (TPSA) is 68.4 Å². The number of hydrogen-bond donors (Lipinski definition) is 1. The van der Waals surface area contributed by atoms with Gasteiger partial charge in [-0.1, -0.05) is 34.1 Å². The van der Waals surface area contributed by atoms with Gasteiger partial charge in [0.15, 0.2) is 6.61 Å². The molecular formula is C13H15BrN2O3. The van der Waals surface area contributed by atoms with E-state index < -0.39 is 6.10 Å². The van der Waals surface area contributed by atoms with E-state index in [1.54, 1.807) is 6.92 Å². The average molecular weight is 327 g/mol. The zero-order valence-corrected chi connectivity index (χ0v) is 12.3. The highest BCUT2D eigenvalue weighted by Crippen LogP contribution is 2.29. The number of ether oxygens (including phenoxy) is 1. The minimum Gasteiger partial charge on any atom is -0.485 e. The predicted molar refractivity (Wildman–Crippen MR) is 72.8 cm³/mol. The van der Waals surface area contributed by atoms with Gasteiger partial charge in [-0.05, 0) is 19.1 Å². The maximum atomic E-state index is 9.69. The molecule has 19 heavy (non-hydrogen) atoms. The molecule has 1 heterocycles. The van der Waals surface area contributed by atoms with Crippen molar-refractivity contribution >= 4 is 15.9 Å². The molecule has 2 aromatic rings. The van der Waals surface area contributed by atoms with Crippen molar-refractivity contribution in [1.82, 2.24) is 10.1 Å². The van der Waals surface area contributed by atoms with Crippen molar-refractivity contribution in [2.24, 2.45) is 0 Å². The first kappa shape index (κ1) is 14.0. The molecule has 0 aliphatic carbocycles. The van der Waals surface area contributed by atoms with Gasteiger partial charge in [0.1, 0.15) is 5.75 Å². The molecule has 0 radical (unpaired) electrons. The fourth-order valence-electron chi connectivity index (χ4n) is 1.61. The molecule has 1 atom stereocenters. The van der Waals surface area contributed by atoms with E-state index in [2.05, 4.69) is 26.1 Å². The quantitative estimate of drug-likeness (QED) is 0.914. The molecule has 1 aromatic heterocycles. The second-order valence-corrected chi connectivity index (χ2v) is 5.02. The molecular weight excluding hydrogens is 312 g/mol. The van der Waals surface area contributed by atoms with Crippen LogP contribution in [0.5, 0.6) is 5.75 Å². The van der Waals surface area contributed by atoms with Gasteiger partial charge in [0.05, 0.1) is 6.10 Å². The minimum atomic E-state index is -0.598. The first-order valence-electron chi connectivity index (χ1n) is 6.02. The van der Waals surface area contributed by atoms with Crippen molar-refractivity contribution < 1.29 is 14.4 Å². The van der Waals surface area contributed by atoms with E-state index in [1.807, 2.05) is 25.1 Å². The first-order chi connectivity index (χ1) is 9.10. The summed E-state index contributed by atoms with van der Waals surface area (Å²) in [6.07, 6.45) is 0.0996. The van der Waals surface area contributed by atoms with Crippen LogP contribution in [0, 0.1) is 0 Å². The van der Waals surface area contributed by atoms with Crippen LogP contribution in [0.25, 0.3) is 0 Å². The average Bonchev–Trinajstić information content (AvgIpc) is 2.84. The lowest BCUT2D eigenvalue weighted by Crippen LogP contribution is -2.02. The van der Waals surface area contributed by atoms with Gasteiger partial charge in [0.25, 0.3) is 0 Å². The third-order valence-corrected chi connectivity index (χ3v) is 3.09. The first-order valence-corrected chi connectivity index (χ1v) is 6.81. The Kier molecular flexibility index (Phi) is 4.55. The fourth-order valence-corrected chi connectivity index (χ4v) is 1.95. The third-order valence-electron chi connectivity index (χ3n) is 2.60. The van der Waals surface area contributed by atoms with Gasteiger partial charge in [-0.25, -0.2) is 0 Å². The van der Waals surface area contributed by atoms with Crippen molar-refractivity contribution in [2.45, 2.75) is 33.0 Å². The van der Waals surface area contributed by atoms with Crippen LogP contribution in [0.4, 0.5) is 0 Å². The number of aromatic nitrogens is 2. The summed E-state index contributed by atoms with van der Waals surface area (Å²) in [7, 11) is 0. The summed E-state index contributed by atoms with van der Waals surface area (Å²) < 4.78 is 11.5. The lowest BCUT2D eigenvalue weighted by molar-refractivity contribution is 0.189. The maximum absolute atomic E-state index is 9.69. The lowest BCUT2D eigenvalue weighted by Gasteiger charge is -2.12. The van der Waals surface area contributed by atoms with Crippen molar-refractivity contribution in [3.05, 3.63) is 40.0 Å². The number of halogens is 1. The highest BCUT2D eigenvalue weighted by molar-refractivity contribution is 9.10. The second kappa shape index (κ2) is 6.16. The second-order valence-electron chi connectivity index (χ2n) is 4.10. The molecule has 0 amide bonds. The standard InChI is InChI=1S/C13H15BrN2O3/c1-3-13-15-12(16-19-13)7-18-11-6-9(14)4-5-10(11)8(2)17/h4-6,8,17H,3,7H2,1-2H3/t8-/m0/s1. The van der Waals surface area contributed by atoms with Gasteiger partial charge in [-0.15, -0.1) is 0 Å². The Balaban J connectivity index is 2.12. The highest BCUT2D eigenvalue weighted by atomic mass is 79.9. The van der Waals surface area contributed by atoms with E-state index in [4.69, 9.17) is 9.26 Å². The van der Waals surface area contributed by atoms with Crippen molar-refractivity contribution in [3.63, 3.8) is 0 Å². The van der Waals surface area contributed by atoms with E-state index in [0.29, 0.717) is 23.9 Å². The van der Waals surface area contributed by atoms with E-state index in [-0.39, 0.29) is 6.61 Å². The Morgan fingerprint density at radius 2 is 2.26 bits per heavy atom. The van der Waals surface area contributed by atoms with Gasteiger partial charge in [0.2, 0.25) is 11.7 Å². The Morgan fingerprint density at radius 1 is 1.47 bits per heavy atom. The smallest absolute Gasteiger partial charge is 0.226 e. The molecule has 0 spiro atoms. The number of rotatable bonds is 5. The van der Waals surface area contributed by atoms with Crippen molar-refractivity contribution in [2.75, 3.05) is 0 Å². The van der Waals surface area contributed by atoms with E-state index in [1.165, 1.54) is 0 Å². The summed E-state index contributed by atoms with van der Waals surface area (Å²) in [6, 6.07) is 5.49. The Morgan fingerprint density at radius 3 is 2.89 bits per heavy atom. The molecule has 0 saturated carbocycles. The van der Waals surface area contributed by atoms with E-state index in [0.717, 1.165) is 10.0 Å². The molecule has 0 saturated heterocycles. The number of benzene rings is 1. The van der Waals surface area contributed by atoms with Crippen molar-refractivity contribution in [1.29, 1.82) is 0 Å². The van der Waals surface area contributed by atoms with Crippen LogP contribution in [-0.2, 0) is 13.0 Å². The summed E-state index contributed by atoms with van der Waals surface area (Å²) >= 11 is 3.38. The molecule has 5 nitrogen and oxygen atoms in total. The summed E-state index contributed by atoms with van der Waals surface area (Å²) in [4.78, 5) is 4.16. The number of nitrogens with zero attached hydrogens (tertiary/aromatic N) is 2. The molecule has 1 N–H and O–H groups in total. The van der Waals surface area contributed by atoms with Crippen LogP contribution in [0.15, 0.2) is 27.2 Å². The van der Waals surface area contributed by atoms with Gasteiger partial charge in [-0.2, -0.15) is 4.98 Å². The van der Waals surface area contributed by atoms with E-state index in [9.17, 15) is 5.11 Å². The predicted octanol–water partition coefficient (Wildman–Crippen LogP) is 3.03. The molecule has 0 aliphatic heterocycles. The van der Waals surface area contributed by atoms with Gasteiger partial charge in [0, 0.05) is 16.5 Å². The van der Waals surface area contributed by atoms with Crippen LogP contribution in [0.1, 0.15) is 37.2 Å². The van der Waals surface area contributed by atoms with E-state index >= 15 is 0 Å². The third kappa shape index (κ3) is 3.54. The zero-order valence-electron chi connectivity index (χ0n) is 10.8. The zero-order chi connectivity index (χ0) is 13.8. The Labute approximate surface area is 119 Å². The van der Waals surface area contributed by atoms with Crippen molar-refractivity contribution in [3.8, 4) is 5.75 Å². The normalized spacial score (nSPS) is 12.4. The molecule has 1 aromatic carbocycles. The molecule has 6 heteroatoms. The van der Waals surface area contributed by atoms with Crippen LogP contribution in [0.3, 0.4) is 0 Å². The summed E-state index contributed by atoms with van der Waals surface area (Å²) in [5.74, 6) is 1.68. The minimum absolute atomic E-state index is 0.208. The molecule has 0 unspecified atom stereocenters. The van der Waals surface area contributed by atoms with Crippen LogP contribution < -0.4 is 4.74 Å². The summed E-state index contributed by atoms with van der Waals surface area (Å²) in [6.45, 7) is 3.84. The Hall–Kier alpha value is -1.40. The number of hydrogen-bond acceptors (Lipinski definition) is 5. The largest absolute Gasteiger partial charge is 0.485 e. The monoisotopic (exact) mass is 326 g/mol. The maximum Gasteiger partial charge on any atom is 0.226 e. The van der Waals surface area contributed by atoms with Gasteiger partial charge in [-0.3, -0.25) is 0 Å². The Bertz CT molecular complexity index is 555. The summed E-state index contributed by atoms with van der Waals surface area (Å²) in [5, 5.41) is 13.5. The molecule has 0 bridgehead atoms.